The molecule has 0 aromatic heterocycles. The average Bonchev–Trinajstić information content (AvgIpc) is 2.49. The van der Waals surface area contributed by atoms with Gasteiger partial charge < -0.3 is 5.32 Å². The van der Waals surface area contributed by atoms with Crippen molar-refractivity contribution < 1.29 is 0 Å². The fourth-order valence-electron chi connectivity index (χ4n) is 2.70. The molecule has 1 aromatic carbocycles. The first-order chi connectivity index (χ1) is 9.74. The fourth-order valence-corrected chi connectivity index (χ4v) is 3.36. The van der Waals surface area contributed by atoms with Gasteiger partial charge >= 0.3 is 0 Å². The Morgan fingerprint density at radius 3 is 2.30 bits per heavy atom. The SMILES string of the molecule is CCCCC(CC)CC(NC)c1ccc(SCC)cc1. The minimum atomic E-state index is 0.498. The summed E-state index contributed by atoms with van der Waals surface area (Å²) in [7, 11) is 2.09. The predicted octanol–water partition coefficient (Wildman–Crippen LogP) is 5.67. The van der Waals surface area contributed by atoms with E-state index < -0.39 is 0 Å². The third kappa shape index (κ3) is 5.88. The second-order valence-corrected chi connectivity index (χ2v) is 6.83. The van der Waals surface area contributed by atoms with Crippen molar-refractivity contribution in [1.82, 2.24) is 5.32 Å². The molecule has 114 valence electrons. The Hall–Kier alpha value is -0.470. The lowest BCUT2D eigenvalue weighted by Crippen LogP contribution is -2.19. The summed E-state index contributed by atoms with van der Waals surface area (Å²) in [6, 6.07) is 9.62. The molecule has 2 unspecified atom stereocenters. The first-order valence-corrected chi connectivity index (χ1v) is 9.13. The Morgan fingerprint density at radius 2 is 1.80 bits per heavy atom. The Labute approximate surface area is 129 Å². The van der Waals surface area contributed by atoms with Gasteiger partial charge in [-0.3, -0.25) is 0 Å². The predicted molar refractivity (Wildman–Crippen MR) is 92.6 cm³/mol. The van der Waals surface area contributed by atoms with Crippen LogP contribution in [-0.4, -0.2) is 12.8 Å². The van der Waals surface area contributed by atoms with Gasteiger partial charge in [-0.1, -0.05) is 58.6 Å². The van der Waals surface area contributed by atoms with E-state index >= 15 is 0 Å². The van der Waals surface area contributed by atoms with E-state index in [4.69, 9.17) is 0 Å². The number of benzene rings is 1. The summed E-state index contributed by atoms with van der Waals surface area (Å²) in [5, 5.41) is 3.50. The first kappa shape index (κ1) is 17.6. The molecular formula is C18H31NS. The quantitative estimate of drug-likeness (QED) is 0.558. The lowest BCUT2D eigenvalue weighted by atomic mass is 9.89. The van der Waals surface area contributed by atoms with Crippen LogP contribution in [0.1, 0.15) is 64.5 Å². The summed E-state index contributed by atoms with van der Waals surface area (Å²) in [5.41, 5.74) is 1.43. The maximum Gasteiger partial charge on any atom is 0.0320 e. The molecule has 1 rings (SSSR count). The minimum Gasteiger partial charge on any atom is -0.313 e. The van der Waals surface area contributed by atoms with E-state index in [1.807, 2.05) is 11.8 Å². The highest BCUT2D eigenvalue weighted by Crippen LogP contribution is 2.28. The van der Waals surface area contributed by atoms with Gasteiger partial charge in [0, 0.05) is 10.9 Å². The van der Waals surface area contributed by atoms with Crippen molar-refractivity contribution >= 4 is 11.8 Å². The molecule has 0 spiro atoms. The van der Waals surface area contributed by atoms with Crippen LogP contribution in [0.4, 0.5) is 0 Å². The van der Waals surface area contributed by atoms with Gasteiger partial charge in [0.1, 0.15) is 0 Å². The molecule has 0 amide bonds. The summed E-state index contributed by atoms with van der Waals surface area (Å²) >= 11 is 1.91. The molecule has 2 atom stereocenters. The van der Waals surface area contributed by atoms with Crippen LogP contribution in [0.5, 0.6) is 0 Å². The molecule has 0 saturated heterocycles. The Morgan fingerprint density at radius 1 is 1.10 bits per heavy atom. The number of hydrogen-bond acceptors (Lipinski definition) is 2. The highest BCUT2D eigenvalue weighted by atomic mass is 32.2. The smallest absolute Gasteiger partial charge is 0.0320 e. The molecular weight excluding hydrogens is 262 g/mol. The maximum absolute atomic E-state index is 3.50. The monoisotopic (exact) mass is 293 g/mol. The average molecular weight is 294 g/mol. The van der Waals surface area contributed by atoms with Gasteiger partial charge in [0.15, 0.2) is 0 Å². The van der Waals surface area contributed by atoms with Crippen LogP contribution in [0.3, 0.4) is 0 Å². The number of hydrogen-bond donors (Lipinski definition) is 1. The Kier molecular flexibility index (Phi) is 9.04. The van der Waals surface area contributed by atoms with Crippen molar-refractivity contribution in [2.24, 2.45) is 5.92 Å². The normalized spacial score (nSPS) is 14.2. The molecule has 0 heterocycles. The molecule has 0 aliphatic heterocycles. The van der Waals surface area contributed by atoms with Gasteiger partial charge in [-0.15, -0.1) is 11.8 Å². The van der Waals surface area contributed by atoms with Crippen molar-refractivity contribution in [3.8, 4) is 0 Å². The van der Waals surface area contributed by atoms with Crippen LogP contribution < -0.4 is 5.32 Å². The highest BCUT2D eigenvalue weighted by Gasteiger charge is 2.15. The molecule has 20 heavy (non-hydrogen) atoms. The Bertz CT molecular complexity index is 347. The standard InChI is InChI=1S/C18H31NS/c1-5-8-9-15(6-2)14-18(19-4)16-10-12-17(13-11-16)20-7-3/h10-13,15,18-19H,5-9,14H2,1-4H3. The third-order valence-electron chi connectivity index (χ3n) is 4.05. The van der Waals surface area contributed by atoms with Gasteiger partial charge in [-0.25, -0.2) is 0 Å². The lowest BCUT2D eigenvalue weighted by Gasteiger charge is -2.23. The largest absolute Gasteiger partial charge is 0.313 e. The molecule has 1 aromatic rings. The zero-order valence-electron chi connectivity index (χ0n) is 13.6. The van der Waals surface area contributed by atoms with Gasteiger partial charge in [0.05, 0.1) is 0 Å². The zero-order chi connectivity index (χ0) is 14.8. The molecule has 2 heteroatoms. The molecule has 1 nitrogen and oxygen atoms in total. The molecule has 0 aliphatic carbocycles. The van der Waals surface area contributed by atoms with E-state index in [9.17, 15) is 0 Å². The van der Waals surface area contributed by atoms with Crippen LogP contribution in [0, 0.1) is 5.92 Å². The Balaban J connectivity index is 2.64. The second-order valence-electron chi connectivity index (χ2n) is 5.50. The molecule has 0 fully saturated rings. The minimum absolute atomic E-state index is 0.498. The fraction of sp³-hybridized carbons (Fsp3) is 0.667. The van der Waals surface area contributed by atoms with Gasteiger partial charge in [-0.2, -0.15) is 0 Å². The molecule has 0 radical (unpaired) electrons. The van der Waals surface area contributed by atoms with E-state index in [1.165, 1.54) is 42.6 Å². The van der Waals surface area contributed by atoms with Crippen LogP contribution >= 0.6 is 11.8 Å². The van der Waals surface area contributed by atoms with E-state index in [1.54, 1.807) is 0 Å². The van der Waals surface area contributed by atoms with E-state index in [0.717, 1.165) is 11.7 Å². The van der Waals surface area contributed by atoms with E-state index in [-0.39, 0.29) is 0 Å². The number of rotatable bonds is 10. The molecule has 0 saturated carbocycles. The van der Waals surface area contributed by atoms with Crippen molar-refractivity contribution in [2.45, 2.75) is 63.8 Å². The van der Waals surface area contributed by atoms with Crippen molar-refractivity contribution in [2.75, 3.05) is 12.8 Å². The van der Waals surface area contributed by atoms with E-state index in [2.05, 4.69) is 57.4 Å². The summed E-state index contributed by atoms with van der Waals surface area (Å²) in [6.07, 6.45) is 6.59. The third-order valence-corrected chi connectivity index (χ3v) is 4.95. The number of thioether (sulfide) groups is 1. The topological polar surface area (TPSA) is 12.0 Å². The second kappa shape index (κ2) is 10.3. The van der Waals surface area contributed by atoms with Gasteiger partial charge in [-0.05, 0) is 42.8 Å². The van der Waals surface area contributed by atoms with Crippen LogP contribution in [0.15, 0.2) is 29.2 Å². The van der Waals surface area contributed by atoms with Crippen LogP contribution in [0.2, 0.25) is 0 Å². The molecule has 0 aliphatic rings. The molecule has 0 bridgehead atoms. The van der Waals surface area contributed by atoms with Gasteiger partial charge in [0.2, 0.25) is 0 Å². The maximum atomic E-state index is 3.50. The lowest BCUT2D eigenvalue weighted by molar-refractivity contribution is 0.365. The summed E-state index contributed by atoms with van der Waals surface area (Å²) in [5.74, 6) is 1.99. The van der Waals surface area contributed by atoms with Crippen LogP contribution in [0.25, 0.3) is 0 Å². The summed E-state index contributed by atoms with van der Waals surface area (Å²) < 4.78 is 0. The van der Waals surface area contributed by atoms with Crippen molar-refractivity contribution in [1.29, 1.82) is 0 Å². The van der Waals surface area contributed by atoms with Crippen molar-refractivity contribution in [3.63, 3.8) is 0 Å². The zero-order valence-corrected chi connectivity index (χ0v) is 14.4. The highest BCUT2D eigenvalue weighted by molar-refractivity contribution is 7.99. The summed E-state index contributed by atoms with van der Waals surface area (Å²) in [4.78, 5) is 1.38. The van der Waals surface area contributed by atoms with Crippen molar-refractivity contribution in [3.05, 3.63) is 29.8 Å². The van der Waals surface area contributed by atoms with Gasteiger partial charge in [0.25, 0.3) is 0 Å². The van der Waals surface area contributed by atoms with E-state index in [0.29, 0.717) is 6.04 Å². The first-order valence-electron chi connectivity index (χ1n) is 8.15. The molecule has 1 N–H and O–H groups in total. The van der Waals surface area contributed by atoms with Crippen LogP contribution in [-0.2, 0) is 0 Å². The summed E-state index contributed by atoms with van der Waals surface area (Å²) in [6.45, 7) is 6.81. The number of nitrogens with one attached hydrogen (secondary N) is 1. The number of unbranched alkanes of at least 4 members (excludes halogenated alkanes) is 1.